The Balaban J connectivity index is 1.57. The Morgan fingerprint density at radius 2 is 1.27 bits per heavy atom. The fourth-order valence-corrected chi connectivity index (χ4v) is 4.68. The molecule has 3 aromatic rings. The molecule has 0 amide bonds. The number of phenols is 1. The molecular formula is C27H30O13. The lowest BCUT2D eigenvalue weighted by atomic mass is 10.00. The maximum absolute atomic E-state index is 13.7. The van der Waals surface area contributed by atoms with Crippen molar-refractivity contribution in [2.75, 3.05) is 0 Å². The third-order valence-corrected chi connectivity index (χ3v) is 7.05. The average molecular weight is 563 g/mol. The molecule has 0 bridgehead atoms. The van der Waals surface area contributed by atoms with E-state index in [1.807, 2.05) is 0 Å². The van der Waals surface area contributed by atoms with Gasteiger partial charge in [0.15, 0.2) is 5.76 Å². The van der Waals surface area contributed by atoms with Gasteiger partial charge in [-0.15, -0.1) is 0 Å². The van der Waals surface area contributed by atoms with E-state index in [1.165, 1.54) is 19.9 Å². The quantitative estimate of drug-likeness (QED) is 0.211. The maximum Gasteiger partial charge on any atom is 0.239 e. The first-order valence-corrected chi connectivity index (χ1v) is 12.6. The molecule has 0 spiro atoms. The molecule has 0 radical (unpaired) electrons. The summed E-state index contributed by atoms with van der Waals surface area (Å²) in [6.07, 6.45) is -14.0. The van der Waals surface area contributed by atoms with Gasteiger partial charge >= 0.3 is 0 Å². The highest BCUT2D eigenvalue weighted by atomic mass is 16.7. The van der Waals surface area contributed by atoms with E-state index in [0.29, 0.717) is 5.56 Å². The summed E-state index contributed by atoms with van der Waals surface area (Å²) < 4.78 is 28.3. The number of aliphatic hydroxyl groups is 6. The molecule has 2 fully saturated rings. The van der Waals surface area contributed by atoms with E-state index in [2.05, 4.69) is 0 Å². The Labute approximate surface area is 227 Å². The van der Waals surface area contributed by atoms with E-state index in [4.69, 9.17) is 23.4 Å². The van der Waals surface area contributed by atoms with Crippen molar-refractivity contribution >= 4 is 11.0 Å². The highest BCUT2D eigenvalue weighted by Crippen LogP contribution is 2.38. The van der Waals surface area contributed by atoms with Crippen LogP contribution >= 0.6 is 0 Å². The van der Waals surface area contributed by atoms with Crippen LogP contribution in [0, 0.1) is 0 Å². The highest BCUT2D eigenvalue weighted by molar-refractivity contribution is 5.88. The number of aromatic hydroxyl groups is 1. The topological polar surface area (TPSA) is 209 Å². The van der Waals surface area contributed by atoms with Crippen molar-refractivity contribution in [1.82, 2.24) is 0 Å². The van der Waals surface area contributed by atoms with Gasteiger partial charge < -0.3 is 59.1 Å². The maximum atomic E-state index is 13.7. The Morgan fingerprint density at radius 1 is 0.725 bits per heavy atom. The Kier molecular flexibility index (Phi) is 7.74. The van der Waals surface area contributed by atoms with Crippen LogP contribution < -0.4 is 14.9 Å². The third-order valence-electron chi connectivity index (χ3n) is 7.05. The number of phenolic OH excluding ortho intramolecular Hbond substituents is 1. The first-order valence-electron chi connectivity index (χ1n) is 12.6. The van der Waals surface area contributed by atoms with Crippen molar-refractivity contribution in [2.45, 2.75) is 75.3 Å². The molecule has 0 aliphatic carbocycles. The lowest BCUT2D eigenvalue weighted by Gasteiger charge is -2.39. The van der Waals surface area contributed by atoms with Crippen LogP contribution in [0.4, 0.5) is 0 Å². The average Bonchev–Trinajstić information content (AvgIpc) is 2.93. The minimum atomic E-state index is -1.72. The first-order chi connectivity index (χ1) is 19.0. The smallest absolute Gasteiger partial charge is 0.239 e. The van der Waals surface area contributed by atoms with Gasteiger partial charge in [-0.25, -0.2) is 0 Å². The van der Waals surface area contributed by atoms with Gasteiger partial charge in [0.2, 0.25) is 23.8 Å². The third kappa shape index (κ3) is 5.02. The molecule has 2 aromatic carbocycles. The monoisotopic (exact) mass is 562 g/mol. The van der Waals surface area contributed by atoms with Crippen LogP contribution in [0.3, 0.4) is 0 Å². The van der Waals surface area contributed by atoms with Crippen molar-refractivity contribution in [2.24, 2.45) is 0 Å². The molecule has 7 N–H and O–H groups in total. The number of benzene rings is 2. The molecule has 0 saturated carbocycles. The van der Waals surface area contributed by atoms with E-state index in [-0.39, 0.29) is 22.5 Å². The van der Waals surface area contributed by atoms with Gasteiger partial charge in [-0.2, -0.15) is 0 Å². The van der Waals surface area contributed by atoms with E-state index >= 15 is 0 Å². The minimum Gasteiger partial charge on any atom is -0.507 e. The Hall–Kier alpha value is -3.27. The van der Waals surface area contributed by atoms with Crippen LogP contribution in [0.1, 0.15) is 13.8 Å². The molecule has 1 aromatic heterocycles. The molecule has 5 rings (SSSR count). The van der Waals surface area contributed by atoms with E-state index < -0.39 is 78.3 Å². The highest BCUT2D eigenvalue weighted by Gasteiger charge is 2.45. The molecule has 2 aliphatic rings. The number of fused-ring (bicyclic) bond motifs is 1. The van der Waals surface area contributed by atoms with Crippen molar-refractivity contribution in [3.05, 3.63) is 52.7 Å². The summed E-state index contributed by atoms with van der Waals surface area (Å²) in [6, 6.07) is 10.7. The van der Waals surface area contributed by atoms with E-state index in [1.54, 1.807) is 30.3 Å². The molecule has 13 nitrogen and oxygen atoms in total. The standard InChI is InChI=1S/C27H30O13/c1-10-17(29)20(32)22(34)26(36-10)38-13-8-14(28)16-15(9-13)39-24(12-6-4-3-5-7-12)25(19(16)31)40-27-23(35)21(33)18(30)11(2)37-27/h3-11,17-18,20-23,26-30,32-35H,1-2H3/t10-,11-,17-,18-,20+,21+,22+,23+,26-,27-/m0/s1. The van der Waals surface area contributed by atoms with Gasteiger partial charge in [-0.1, -0.05) is 30.3 Å². The fraction of sp³-hybridized carbons (Fsp3) is 0.444. The zero-order valence-electron chi connectivity index (χ0n) is 21.4. The van der Waals surface area contributed by atoms with Crippen molar-refractivity contribution in [3.63, 3.8) is 0 Å². The zero-order valence-corrected chi connectivity index (χ0v) is 21.4. The second-order valence-electron chi connectivity index (χ2n) is 9.87. The number of aliphatic hydroxyl groups excluding tert-OH is 6. The molecule has 10 atom stereocenters. The lowest BCUT2D eigenvalue weighted by Crippen LogP contribution is -2.58. The number of rotatable bonds is 5. The number of hydrogen-bond donors (Lipinski definition) is 7. The summed E-state index contributed by atoms with van der Waals surface area (Å²) in [7, 11) is 0. The second kappa shape index (κ2) is 11.0. The van der Waals surface area contributed by atoms with Gasteiger partial charge in [-0.3, -0.25) is 4.79 Å². The van der Waals surface area contributed by atoms with Crippen LogP contribution in [0.5, 0.6) is 17.2 Å². The summed E-state index contributed by atoms with van der Waals surface area (Å²) >= 11 is 0. The van der Waals surface area contributed by atoms with Crippen molar-refractivity contribution in [3.8, 4) is 28.6 Å². The largest absolute Gasteiger partial charge is 0.507 e. The van der Waals surface area contributed by atoms with Gasteiger partial charge in [0.05, 0.1) is 12.2 Å². The fourth-order valence-electron chi connectivity index (χ4n) is 4.68. The number of hydrogen-bond acceptors (Lipinski definition) is 13. The van der Waals surface area contributed by atoms with Gasteiger partial charge in [-0.05, 0) is 13.8 Å². The van der Waals surface area contributed by atoms with Crippen molar-refractivity contribution in [1.29, 1.82) is 0 Å². The molecule has 2 aliphatic heterocycles. The zero-order chi connectivity index (χ0) is 28.9. The SMILES string of the molecule is C[C@@H]1O[C@@H](Oc2cc(O)c3c(=O)c(O[C@@H]4O[C@@H](C)[C@H](O)[C@@H](O)[C@H]4O)c(-c4ccccc4)oc3c2)[C@H](O)[C@H](O)[C@H]1O. The normalized spacial score (nSPS) is 34.5. The summed E-state index contributed by atoms with van der Waals surface area (Å²) in [5.41, 5.74) is -0.591. The van der Waals surface area contributed by atoms with Gasteiger partial charge in [0, 0.05) is 17.7 Å². The van der Waals surface area contributed by atoms with Crippen LogP contribution in [0.25, 0.3) is 22.3 Å². The van der Waals surface area contributed by atoms with Crippen LogP contribution in [-0.4, -0.2) is 97.2 Å². The van der Waals surface area contributed by atoms with Crippen LogP contribution in [-0.2, 0) is 9.47 Å². The molecule has 13 heteroatoms. The molecule has 216 valence electrons. The predicted octanol–water partition coefficient (Wildman–Crippen LogP) is -0.422. The minimum absolute atomic E-state index is 0.0855. The molecule has 3 heterocycles. The molecule has 0 unspecified atom stereocenters. The van der Waals surface area contributed by atoms with Crippen LogP contribution in [0.2, 0.25) is 0 Å². The predicted molar refractivity (Wildman–Crippen MR) is 136 cm³/mol. The van der Waals surface area contributed by atoms with Crippen molar-refractivity contribution < 1.29 is 59.1 Å². The Bertz CT molecular complexity index is 1410. The first kappa shape index (κ1) is 28.3. The lowest BCUT2D eigenvalue weighted by molar-refractivity contribution is -0.268. The molecular weight excluding hydrogens is 532 g/mol. The summed E-state index contributed by atoms with van der Waals surface area (Å²) in [5.74, 6) is -1.20. The van der Waals surface area contributed by atoms with E-state index in [0.717, 1.165) is 6.07 Å². The summed E-state index contributed by atoms with van der Waals surface area (Å²) in [6.45, 7) is 2.94. The van der Waals surface area contributed by atoms with Gasteiger partial charge in [0.1, 0.15) is 59.1 Å². The van der Waals surface area contributed by atoms with E-state index in [9.17, 15) is 40.5 Å². The summed E-state index contributed by atoms with van der Waals surface area (Å²) in [4.78, 5) is 13.7. The molecule has 2 saturated heterocycles. The Morgan fingerprint density at radius 3 is 1.85 bits per heavy atom. The van der Waals surface area contributed by atoms with Gasteiger partial charge in [0.25, 0.3) is 0 Å². The number of ether oxygens (including phenoxy) is 4. The van der Waals surface area contributed by atoms with Crippen LogP contribution in [0.15, 0.2) is 51.7 Å². The molecule has 40 heavy (non-hydrogen) atoms. The summed E-state index contributed by atoms with van der Waals surface area (Å²) in [5, 5.41) is 71.4. The second-order valence-corrected chi connectivity index (χ2v) is 9.87.